The van der Waals surface area contributed by atoms with E-state index < -0.39 is 0 Å². The molecule has 1 spiro atoms. The molecule has 0 radical (unpaired) electrons. The monoisotopic (exact) mass is 399 g/mol. The molecule has 0 amide bonds. The SMILES string of the molecule is CCCN1CCCCC12CCc1cc(OCc3ccccc3C)ccc1C2.Cl. The van der Waals surface area contributed by atoms with Crippen LogP contribution < -0.4 is 4.74 Å². The van der Waals surface area contributed by atoms with E-state index in [0.29, 0.717) is 12.1 Å². The first-order chi connectivity index (χ1) is 13.2. The Morgan fingerprint density at radius 3 is 2.71 bits per heavy atom. The van der Waals surface area contributed by atoms with Gasteiger partial charge in [-0.3, -0.25) is 4.90 Å². The highest BCUT2D eigenvalue weighted by molar-refractivity contribution is 5.85. The number of hydrogen-bond donors (Lipinski definition) is 0. The van der Waals surface area contributed by atoms with Gasteiger partial charge in [0.25, 0.3) is 0 Å². The van der Waals surface area contributed by atoms with E-state index in [1.165, 1.54) is 74.7 Å². The van der Waals surface area contributed by atoms with Gasteiger partial charge in [0.2, 0.25) is 0 Å². The van der Waals surface area contributed by atoms with E-state index in [1.54, 1.807) is 5.56 Å². The summed E-state index contributed by atoms with van der Waals surface area (Å²) in [5, 5.41) is 0. The zero-order valence-corrected chi connectivity index (χ0v) is 18.2. The summed E-state index contributed by atoms with van der Waals surface area (Å²) in [4.78, 5) is 2.81. The van der Waals surface area contributed by atoms with Crippen LogP contribution in [0.3, 0.4) is 0 Å². The highest BCUT2D eigenvalue weighted by atomic mass is 35.5. The van der Waals surface area contributed by atoms with Gasteiger partial charge < -0.3 is 4.74 Å². The largest absolute Gasteiger partial charge is 0.489 e. The summed E-state index contributed by atoms with van der Waals surface area (Å²) in [6.45, 7) is 7.67. The number of halogens is 1. The van der Waals surface area contributed by atoms with Crippen molar-refractivity contribution in [3.8, 4) is 5.75 Å². The normalized spacial score (nSPS) is 21.8. The number of piperidine rings is 1. The molecule has 0 N–H and O–H groups in total. The van der Waals surface area contributed by atoms with Crippen LogP contribution in [-0.2, 0) is 19.4 Å². The van der Waals surface area contributed by atoms with Crippen molar-refractivity contribution < 1.29 is 4.74 Å². The van der Waals surface area contributed by atoms with Crippen molar-refractivity contribution in [1.82, 2.24) is 4.90 Å². The first-order valence-electron chi connectivity index (χ1n) is 10.7. The van der Waals surface area contributed by atoms with Gasteiger partial charge in [-0.25, -0.2) is 0 Å². The topological polar surface area (TPSA) is 12.5 Å². The second-order valence-electron chi connectivity index (χ2n) is 8.49. The van der Waals surface area contributed by atoms with Gasteiger partial charge in [0.05, 0.1) is 0 Å². The van der Waals surface area contributed by atoms with Crippen LogP contribution in [0, 0.1) is 6.92 Å². The van der Waals surface area contributed by atoms with Crippen LogP contribution in [0.2, 0.25) is 0 Å². The van der Waals surface area contributed by atoms with Gasteiger partial charge in [-0.15, -0.1) is 12.4 Å². The summed E-state index contributed by atoms with van der Waals surface area (Å²) < 4.78 is 6.13. The quantitative estimate of drug-likeness (QED) is 0.600. The third-order valence-electron chi connectivity index (χ3n) is 6.70. The average Bonchev–Trinajstić information content (AvgIpc) is 2.69. The molecule has 28 heavy (non-hydrogen) atoms. The summed E-state index contributed by atoms with van der Waals surface area (Å²) in [6, 6.07) is 15.3. The molecular formula is C25H34ClNO. The molecule has 4 rings (SSSR count). The minimum absolute atomic E-state index is 0. The van der Waals surface area contributed by atoms with Gasteiger partial charge in [0.15, 0.2) is 0 Å². The summed E-state index contributed by atoms with van der Waals surface area (Å²) in [7, 11) is 0. The standard InChI is InChI=1S/C25H33NO.ClH/c1-3-15-26-16-7-6-13-25(26)14-12-21-17-24(11-10-22(21)18-25)27-19-23-9-5-4-8-20(23)2;/h4-5,8-11,17H,3,6-7,12-16,18-19H2,1-2H3;1H. The first-order valence-corrected chi connectivity index (χ1v) is 10.7. The van der Waals surface area contributed by atoms with Crippen molar-refractivity contribution >= 4 is 12.4 Å². The molecule has 152 valence electrons. The number of fused-ring (bicyclic) bond motifs is 1. The minimum Gasteiger partial charge on any atom is -0.489 e. The molecular weight excluding hydrogens is 366 g/mol. The lowest BCUT2D eigenvalue weighted by molar-refractivity contribution is 0.0340. The molecule has 2 aromatic rings. The van der Waals surface area contributed by atoms with Crippen LogP contribution in [0.1, 0.15) is 61.3 Å². The maximum Gasteiger partial charge on any atom is 0.120 e. The Hall–Kier alpha value is -1.51. The highest BCUT2D eigenvalue weighted by Gasteiger charge is 2.40. The smallest absolute Gasteiger partial charge is 0.120 e. The van der Waals surface area contributed by atoms with E-state index in [-0.39, 0.29) is 12.4 Å². The predicted molar refractivity (Wildman–Crippen MR) is 120 cm³/mol. The van der Waals surface area contributed by atoms with E-state index >= 15 is 0 Å². The van der Waals surface area contributed by atoms with Crippen molar-refractivity contribution in [3.63, 3.8) is 0 Å². The number of ether oxygens (including phenoxy) is 1. The molecule has 1 aliphatic carbocycles. The van der Waals surface area contributed by atoms with Crippen molar-refractivity contribution in [1.29, 1.82) is 0 Å². The molecule has 1 heterocycles. The Kier molecular flexibility index (Phi) is 7.06. The van der Waals surface area contributed by atoms with Crippen LogP contribution in [0.5, 0.6) is 5.75 Å². The molecule has 2 aliphatic rings. The van der Waals surface area contributed by atoms with Crippen LogP contribution in [0.25, 0.3) is 0 Å². The number of aryl methyl sites for hydroxylation is 2. The molecule has 1 unspecified atom stereocenters. The van der Waals surface area contributed by atoms with E-state index in [1.807, 2.05) is 0 Å². The Morgan fingerprint density at radius 2 is 1.89 bits per heavy atom. The van der Waals surface area contributed by atoms with E-state index in [9.17, 15) is 0 Å². The second-order valence-corrected chi connectivity index (χ2v) is 8.49. The fourth-order valence-electron chi connectivity index (χ4n) is 5.09. The zero-order valence-electron chi connectivity index (χ0n) is 17.4. The number of nitrogens with zero attached hydrogens (tertiary/aromatic N) is 1. The van der Waals surface area contributed by atoms with E-state index in [0.717, 1.165) is 5.75 Å². The molecule has 0 bridgehead atoms. The molecule has 1 atom stereocenters. The molecule has 0 saturated carbocycles. The fourth-order valence-corrected chi connectivity index (χ4v) is 5.09. The third kappa shape index (κ3) is 4.39. The molecule has 1 saturated heterocycles. The molecule has 3 heteroatoms. The number of rotatable bonds is 5. The number of hydrogen-bond acceptors (Lipinski definition) is 2. The maximum absolute atomic E-state index is 6.13. The molecule has 2 nitrogen and oxygen atoms in total. The maximum atomic E-state index is 6.13. The highest BCUT2D eigenvalue weighted by Crippen LogP contribution is 2.40. The van der Waals surface area contributed by atoms with Crippen molar-refractivity contribution in [2.24, 2.45) is 0 Å². The van der Waals surface area contributed by atoms with Gasteiger partial charge >= 0.3 is 0 Å². The Balaban J connectivity index is 0.00000225. The lowest BCUT2D eigenvalue weighted by Crippen LogP contribution is -2.55. The average molecular weight is 400 g/mol. The zero-order chi connectivity index (χ0) is 18.7. The van der Waals surface area contributed by atoms with Gasteiger partial charge in [0.1, 0.15) is 12.4 Å². The number of likely N-dealkylation sites (tertiary alicyclic amines) is 1. The lowest BCUT2D eigenvalue weighted by Gasteiger charge is -2.50. The Bertz CT molecular complexity index is 788. The molecule has 2 aromatic carbocycles. The van der Waals surface area contributed by atoms with Gasteiger partial charge in [-0.1, -0.05) is 43.7 Å². The fraction of sp³-hybridized carbons (Fsp3) is 0.520. The second kappa shape index (κ2) is 9.33. The van der Waals surface area contributed by atoms with E-state index in [2.05, 4.69) is 61.2 Å². The summed E-state index contributed by atoms with van der Waals surface area (Å²) >= 11 is 0. The predicted octanol–water partition coefficient (Wildman–Crippen LogP) is 6.12. The van der Waals surface area contributed by atoms with Gasteiger partial charge in [0, 0.05) is 5.54 Å². The summed E-state index contributed by atoms with van der Waals surface area (Å²) in [5.74, 6) is 1.02. The number of benzene rings is 2. The minimum atomic E-state index is 0. The van der Waals surface area contributed by atoms with Gasteiger partial charge in [-0.05, 0) is 92.9 Å². The third-order valence-corrected chi connectivity index (χ3v) is 6.70. The Labute approximate surface area is 176 Å². The van der Waals surface area contributed by atoms with Crippen LogP contribution in [0.15, 0.2) is 42.5 Å². The van der Waals surface area contributed by atoms with Crippen molar-refractivity contribution in [2.75, 3.05) is 13.1 Å². The van der Waals surface area contributed by atoms with E-state index in [4.69, 9.17) is 4.74 Å². The Morgan fingerprint density at radius 1 is 1.04 bits per heavy atom. The molecule has 0 aromatic heterocycles. The molecule has 1 aliphatic heterocycles. The van der Waals surface area contributed by atoms with Crippen molar-refractivity contribution in [3.05, 3.63) is 64.7 Å². The van der Waals surface area contributed by atoms with Crippen LogP contribution >= 0.6 is 12.4 Å². The van der Waals surface area contributed by atoms with Crippen LogP contribution in [0.4, 0.5) is 0 Å². The summed E-state index contributed by atoms with van der Waals surface area (Å²) in [5.41, 5.74) is 6.04. The van der Waals surface area contributed by atoms with Crippen LogP contribution in [-0.4, -0.2) is 23.5 Å². The summed E-state index contributed by atoms with van der Waals surface area (Å²) in [6.07, 6.45) is 9.13. The molecule has 1 fully saturated rings. The lowest BCUT2D eigenvalue weighted by atomic mass is 9.72. The van der Waals surface area contributed by atoms with Crippen molar-refractivity contribution in [2.45, 2.75) is 70.9 Å². The first kappa shape index (κ1) is 21.2. The van der Waals surface area contributed by atoms with Gasteiger partial charge in [-0.2, -0.15) is 0 Å².